The average molecular weight is 245 g/mol. The van der Waals surface area contributed by atoms with Crippen molar-refractivity contribution in [3.63, 3.8) is 0 Å². The highest BCUT2D eigenvalue weighted by Gasteiger charge is 2.34. The van der Waals surface area contributed by atoms with E-state index in [0.717, 1.165) is 44.7 Å². The van der Waals surface area contributed by atoms with Crippen molar-refractivity contribution in [2.45, 2.75) is 18.9 Å². The number of benzene rings is 1. The summed E-state index contributed by atoms with van der Waals surface area (Å²) in [4.78, 5) is 16.4. The van der Waals surface area contributed by atoms with Crippen LogP contribution in [0.2, 0.25) is 0 Å². The fourth-order valence-corrected chi connectivity index (χ4v) is 2.86. The standard InChI is InChI=1S/C14H19N3O/c18-14-16(12-4-2-1-3-5-12)10-11-17(14)13-6-8-15-9-7-13/h1-5,13,15H,6-11H2. The van der Waals surface area contributed by atoms with E-state index < -0.39 is 0 Å². The molecule has 1 N–H and O–H groups in total. The lowest BCUT2D eigenvalue weighted by Crippen LogP contribution is -2.45. The van der Waals surface area contributed by atoms with Gasteiger partial charge in [0.05, 0.1) is 0 Å². The second kappa shape index (κ2) is 4.98. The first-order valence-corrected chi connectivity index (χ1v) is 6.70. The molecule has 4 nitrogen and oxygen atoms in total. The number of nitrogens with one attached hydrogen (secondary N) is 1. The zero-order chi connectivity index (χ0) is 12.4. The smallest absolute Gasteiger partial charge is 0.319 e. The summed E-state index contributed by atoms with van der Waals surface area (Å²) in [5.74, 6) is 0. The molecule has 96 valence electrons. The van der Waals surface area contributed by atoms with Crippen LogP contribution in [0.1, 0.15) is 12.8 Å². The summed E-state index contributed by atoms with van der Waals surface area (Å²) in [5.41, 5.74) is 1.01. The van der Waals surface area contributed by atoms with Crippen molar-refractivity contribution in [2.24, 2.45) is 0 Å². The van der Waals surface area contributed by atoms with Gasteiger partial charge in [0, 0.05) is 24.8 Å². The second-order valence-electron chi connectivity index (χ2n) is 4.94. The summed E-state index contributed by atoms with van der Waals surface area (Å²) in [7, 11) is 0. The second-order valence-corrected chi connectivity index (χ2v) is 4.94. The molecule has 0 spiro atoms. The molecule has 0 aliphatic carbocycles. The van der Waals surface area contributed by atoms with Crippen LogP contribution in [-0.4, -0.2) is 43.2 Å². The van der Waals surface area contributed by atoms with Gasteiger partial charge in [0.1, 0.15) is 0 Å². The van der Waals surface area contributed by atoms with Crippen molar-refractivity contribution in [3.05, 3.63) is 30.3 Å². The minimum atomic E-state index is 0.174. The minimum Gasteiger partial charge on any atom is -0.319 e. The number of nitrogens with zero attached hydrogens (tertiary/aromatic N) is 2. The van der Waals surface area contributed by atoms with E-state index in [-0.39, 0.29) is 6.03 Å². The Kier molecular flexibility index (Phi) is 3.19. The Balaban J connectivity index is 1.72. The van der Waals surface area contributed by atoms with E-state index in [4.69, 9.17) is 0 Å². The molecule has 0 unspecified atom stereocenters. The van der Waals surface area contributed by atoms with Gasteiger partial charge in [-0.2, -0.15) is 0 Å². The summed E-state index contributed by atoms with van der Waals surface area (Å²) in [6.07, 6.45) is 2.16. The van der Waals surface area contributed by atoms with E-state index in [2.05, 4.69) is 5.32 Å². The van der Waals surface area contributed by atoms with Crippen molar-refractivity contribution in [1.29, 1.82) is 0 Å². The van der Waals surface area contributed by atoms with Crippen LogP contribution in [0.4, 0.5) is 10.5 Å². The molecule has 2 fully saturated rings. The molecule has 2 saturated heterocycles. The van der Waals surface area contributed by atoms with Crippen LogP contribution in [-0.2, 0) is 0 Å². The van der Waals surface area contributed by atoms with Gasteiger partial charge in [-0.25, -0.2) is 4.79 Å². The van der Waals surface area contributed by atoms with Gasteiger partial charge in [0.15, 0.2) is 0 Å². The van der Waals surface area contributed by atoms with Crippen LogP contribution in [0.25, 0.3) is 0 Å². The molecular formula is C14H19N3O. The van der Waals surface area contributed by atoms with Crippen LogP contribution in [0.15, 0.2) is 30.3 Å². The van der Waals surface area contributed by atoms with Gasteiger partial charge in [0.25, 0.3) is 0 Å². The summed E-state index contributed by atoms with van der Waals surface area (Å²) >= 11 is 0. The molecule has 0 aromatic heterocycles. The average Bonchev–Trinajstić information content (AvgIpc) is 2.83. The number of anilines is 1. The molecule has 4 heteroatoms. The number of carbonyl (C=O) groups is 1. The van der Waals surface area contributed by atoms with E-state index in [9.17, 15) is 4.79 Å². The van der Waals surface area contributed by atoms with Crippen molar-refractivity contribution >= 4 is 11.7 Å². The van der Waals surface area contributed by atoms with E-state index in [1.54, 1.807) is 0 Å². The normalized spacial score (nSPS) is 21.7. The van der Waals surface area contributed by atoms with Crippen LogP contribution >= 0.6 is 0 Å². The zero-order valence-corrected chi connectivity index (χ0v) is 10.5. The highest BCUT2D eigenvalue weighted by molar-refractivity contribution is 5.94. The highest BCUT2D eigenvalue weighted by atomic mass is 16.2. The van der Waals surface area contributed by atoms with Gasteiger partial charge in [0.2, 0.25) is 0 Å². The molecule has 18 heavy (non-hydrogen) atoms. The molecular weight excluding hydrogens is 226 g/mol. The van der Waals surface area contributed by atoms with Crippen molar-refractivity contribution < 1.29 is 4.79 Å². The van der Waals surface area contributed by atoms with Crippen LogP contribution in [0.5, 0.6) is 0 Å². The van der Waals surface area contributed by atoms with Gasteiger partial charge >= 0.3 is 6.03 Å². The molecule has 2 aliphatic heterocycles. The first-order chi connectivity index (χ1) is 8.86. The monoisotopic (exact) mass is 245 g/mol. The maximum atomic E-state index is 12.4. The van der Waals surface area contributed by atoms with Crippen molar-refractivity contribution in [2.75, 3.05) is 31.1 Å². The van der Waals surface area contributed by atoms with Crippen LogP contribution in [0, 0.1) is 0 Å². The van der Waals surface area contributed by atoms with Crippen molar-refractivity contribution in [3.8, 4) is 0 Å². The summed E-state index contributed by atoms with van der Waals surface area (Å²) in [6, 6.07) is 10.6. The largest absolute Gasteiger partial charge is 0.324 e. The fourth-order valence-electron chi connectivity index (χ4n) is 2.86. The van der Waals surface area contributed by atoms with E-state index in [0.29, 0.717) is 6.04 Å². The van der Waals surface area contributed by atoms with Gasteiger partial charge in [-0.05, 0) is 38.1 Å². The Morgan fingerprint density at radius 1 is 1.06 bits per heavy atom. The Hall–Kier alpha value is -1.55. The quantitative estimate of drug-likeness (QED) is 0.860. The third-order valence-electron chi connectivity index (χ3n) is 3.86. The fraction of sp³-hybridized carbons (Fsp3) is 0.500. The first-order valence-electron chi connectivity index (χ1n) is 6.70. The number of hydrogen-bond donors (Lipinski definition) is 1. The lowest BCUT2D eigenvalue weighted by molar-refractivity contribution is 0.185. The molecule has 1 aromatic carbocycles. The summed E-state index contributed by atoms with van der Waals surface area (Å²) < 4.78 is 0. The molecule has 1 aromatic rings. The topological polar surface area (TPSA) is 35.6 Å². The van der Waals surface area contributed by atoms with Crippen LogP contribution < -0.4 is 10.2 Å². The molecule has 0 saturated carbocycles. The van der Waals surface area contributed by atoms with Crippen molar-refractivity contribution in [1.82, 2.24) is 10.2 Å². The Bertz CT molecular complexity index is 414. The maximum Gasteiger partial charge on any atom is 0.324 e. The SMILES string of the molecule is O=C1N(c2ccccc2)CCN1C1CCNCC1. The molecule has 0 bridgehead atoms. The molecule has 2 aliphatic rings. The highest BCUT2D eigenvalue weighted by Crippen LogP contribution is 2.23. The Labute approximate surface area is 108 Å². The third-order valence-corrected chi connectivity index (χ3v) is 3.86. The van der Waals surface area contributed by atoms with E-state index in [1.165, 1.54) is 0 Å². The number of amides is 2. The number of hydrogen-bond acceptors (Lipinski definition) is 2. The zero-order valence-electron chi connectivity index (χ0n) is 10.5. The lowest BCUT2D eigenvalue weighted by atomic mass is 10.1. The number of urea groups is 1. The Morgan fingerprint density at radius 2 is 1.78 bits per heavy atom. The molecule has 0 radical (unpaired) electrons. The van der Waals surface area contributed by atoms with E-state index in [1.807, 2.05) is 40.1 Å². The minimum absolute atomic E-state index is 0.174. The molecule has 2 heterocycles. The number of piperidine rings is 1. The number of para-hydroxylation sites is 1. The number of rotatable bonds is 2. The molecule has 3 rings (SSSR count). The summed E-state index contributed by atoms with van der Waals surface area (Å²) in [6.45, 7) is 3.73. The molecule has 2 amide bonds. The van der Waals surface area contributed by atoms with Crippen LogP contribution in [0.3, 0.4) is 0 Å². The predicted octanol–water partition coefficient (Wildman–Crippen LogP) is 1.68. The van der Waals surface area contributed by atoms with Gasteiger partial charge in [-0.1, -0.05) is 18.2 Å². The van der Waals surface area contributed by atoms with E-state index >= 15 is 0 Å². The van der Waals surface area contributed by atoms with Gasteiger partial charge in [-0.15, -0.1) is 0 Å². The molecule has 0 atom stereocenters. The summed E-state index contributed by atoms with van der Waals surface area (Å²) in [5, 5.41) is 3.34. The predicted molar refractivity (Wildman–Crippen MR) is 71.8 cm³/mol. The first kappa shape index (κ1) is 11.5. The van der Waals surface area contributed by atoms with Gasteiger partial charge in [-0.3, -0.25) is 4.90 Å². The third kappa shape index (κ3) is 2.08. The Morgan fingerprint density at radius 3 is 2.50 bits per heavy atom. The maximum absolute atomic E-state index is 12.4. The lowest BCUT2D eigenvalue weighted by Gasteiger charge is -2.31. The van der Waals surface area contributed by atoms with Gasteiger partial charge < -0.3 is 10.2 Å². The number of carbonyl (C=O) groups excluding carboxylic acids is 1.